The molecule has 0 aliphatic carbocycles. The summed E-state index contributed by atoms with van der Waals surface area (Å²) in [5.41, 5.74) is 8.67. The van der Waals surface area contributed by atoms with Crippen LogP contribution in [0.1, 0.15) is 17.2 Å². The fourth-order valence-corrected chi connectivity index (χ4v) is 2.05. The van der Waals surface area contributed by atoms with Crippen molar-refractivity contribution in [2.45, 2.75) is 6.04 Å². The molecular weight excluding hydrogens is 242 g/mol. The second kappa shape index (κ2) is 4.70. The van der Waals surface area contributed by atoms with Crippen molar-refractivity contribution in [1.82, 2.24) is 4.98 Å². The summed E-state index contributed by atoms with van der Waals surface area (Å²) in [5, 5.41) is 2.77. The number of aromatic nitrogens is 1. The Bertz CT molecular complexity index is 613. The van der Waals surface area contributed by atoms with Gasteiger partial charge in [-0.05, 0) is 29.3 Å². The summed E-state index contributed by atoms with van der Waals surface area (Å²) < 4.78 is 5.31. The molecule has 1 aromatic heterocycles. The minimum absolute atomic E-state index is 0.0566. The fourth-order valence-electron chi connectivity index (χ4n) is 2.05. The van der Waals surface area contributed by atoms with Crippen LogP contribution in [0.2, 0.25) is 0 Å². The summed E-state index contributed by atoms with van der Waals surface area (Å²) in [6.45, 7) is 0.0566. The smallest absolute Gasteiger partial charge is 0.262 e. The van der Waals surface area contributed by atoms with Gasteiger partial charge >= 0.3 is 0 Å². The zero-order valence-electron chi connectivity index (χ0n) is 10.2. The van der Waals surface area contributed by atoms with E-state index in [1.807, 2.05) is 30.3 Å². The number of nitrogens with zero attached hydrogens (tertiary/aromatic N) is 1. The molecule has 5 nitrogen and oxygen atoms in total. The summed E-state index contributed by atoms with van der Waals surface area (Å²) in [6.07, 6.45) is 3.44. The maximum absolute atomic E-state index is 11.3. The van der Waals surface area contributed by atoms with Crippen LogP contribution in [0.4, 0.5) is 5.69 Å². The van der Waals surface area contributed by atoms with E-state index in [0.717, 1.165) is 11.1 Å². The molecule has 96 valence electrons. The summed E-state index contributed by atoms with van der Waals surface area (Å²) in [5.74, 6) is 0.515. The Hall–Kier alpha value is -2.40. The second-order valence-electron chi connectivity index (χ2n) is 4.36. The lowest BCUT2D eigenvalue weighted by Gasteiger charge is -2.20. The van der Waals surface area contributed by atoms with Crippen molar-refractivity contribution in [3.63, 3.8) is 0 Å². The summed E-state index contributed by atoms with van der Waals surface area (Å²) in [7, 11) is 0. The Morgan fingerprint density at radius 1 is 1.32 bits per heavy atom. The predicted octanol–water partition coefficient (Wildman–Crippen LogP) is 1.46. The molecule has 0 fully saturated rings. The molecule has 1 aromatic carbocycles. The summed E-state index contributed by atoms with van der Waals surface area (Å²) in [6, 6.07) is 9.04. The van der Waals surface area contributed by atoms with Crippen LogP contribution in [-0.2, 0) is 4.79 Å². The molecule has 0 saturated carbocycles. The molecule has 0 spiro atoms. The number of carbonyl (C=O) groups is 1. The van der Waals surface area contributed by atoms with Crippen LogP contribution in [0.5, 0.6) is 5.75 Å². The molecule has 3 rings (SSSR count). The highest BCUT2D eigenvalue weighted by molar-refractivity contribution is 5.95. The first kappa shape index (κ1) is 11.7. The fraction of sp³-hybridized carbons (Fsp3) is 0.143. The highest BCUT2D eigenvalue weighted by Gasteiger charge is 2.18. The van der Waals surface area contributed by atoms with Crippen LogP contribution < -0.4 is 15.8 Å². The number of pyridine rings is 1. The van der Waals surface area contributed by atoms with Crippen molar-refractivity contribution < 1.29 is 9.53 Å². The molecule has 1 amide bonds. The molecule has 0 saturated heterocycles. The number of nitrogens with two attached hydrogens (primary N) is 1. The topological polar surface area (TPSA) is 77.2 Å². The monoisotopic (exact) mass is 255 g/mol. The SMILES string of the molecule is NC(c1cccnc1)c1ccc2c(c1)NC(=O)CO2. The number of rotatable bonds is 2. The van der Waals surface area contributed by atoms with Crippen LogP contribution in [0, 0.1) is 0 Å². The quantitative estimate of drug-likeness (QED) is 0.851. The number of carbonyl (C=O) groups excluding carboxylic acids is 1. The zero-order valence-corrected chi connectivity index (χ0v) is 10.2. The molecule has 1 unspecified atom stereocenters. The first-order chi connectivity index (χ1) is 9.24. The van der Waals surface area contributed by atoms with Crippen LogP contribution in [0.3, 0.4) is 0 Å². The number of ether oxygens (including phenoxy) is 1. The lowest BCUT2D eigenvalue weighted by atomic mass is 10.00. The average Bonchev–Trinajstić information content (AvgIpc) is 2.46. The third-order valence-electron chi connectivity index (χ3n) is 3.04. The Balaban J connectivity index is 1.94. The maximum Gasteiger partial charge on any atom is 0.262 e. The van der Waals surface area contributed by atoms with Gasteiger partial charge in [-0.3, -0.25) is 9.78 Å². The number of hydrogen-bond acceptors (Lipinski definition) is 4. The van der Waals surface area contributed by atoms with Gasteiger partial charge < -0.3 is 15.8 Å². The van der Waals surface area contributed by atoms with E-state index in [-0.39, 0.29) is 18.6 Å². The minimum Gasteiger partial charge on any atom is -0.482 e. The molecule has 1 aliphatic rings. The first-order valence-corrected chi connectivity index (χ1v) is 5.96. The van der Waals surface area contributed by atoms with Crippen LogP contribution in [0.25, 0.3) is 0 Å². The predicted molar refractivity (Wildman–Crippen MR) is 70.8 cm³/mol. The third-order valence-corrected chi connectivity index (χ3v) is 3.04. The number of anilines is 1. The number of benzene rings is 1. The average molecular weight is 255 g/mol. The second-order valence-corrected chi connectivity index (χ2v) is 4.36. The first-order valence-electron chi connectivity index (χ1n) is 5.96. The van der Waals surface area contributed by atoms with E-state index in [1.165, 1.54) is 0 Å². The van der Waals surface area contributed by atoms with Crippen molar-refractivity contribution in [2.24, 2.45) is 5.73 Å². The highest BCUT2D eigenvalue weighted by atomic mass is 16.5. The Morgan fingerprint density at radius 2 is 2.21 bits per heavy atom. The third kappa shape index (κ3) is 2.28. The van der Waals surface area contributed by atoms with E-state index in [2.05, 4.69) is 10.3 Å². The van der Waals surface area contributed by atoms with Gasteiger partial charge in [-0.15, -0.1) is 0 Å². The molecule has 2 heterocycles. The lowest BCUT2D eigenvalue weighted by molar-refractivity contribution is -0.118. The molecule has 1 aliphatic heterocycles. The van der Waals surface area contributed by atoms with Crippen molar-refractivity contribution in [3.8, 4) is 5.75 Å². The molecule has 5 heteroatoms. The lowest BCUT2D eigenvalue weighted by Crippen LogP contribution is -2.25. The van der Waals surface area contributed by atoms with E-state index >= 15 is 0 Å². The Labute approximate surface area is 110 Å². The molecule has 3 N–H and O–H groups in total. The number of fused-ring (bicyclic) bond motifs is 1. The van der Waals surface area contributed by atoms with Crippen LogP contribution >= 0.6 is 0 Å². The Kier molecular flexibility index (Phi) is 2.89. The van der Waals surface area contributed by atoms with Gasteiger partial charge in [0.1, 0.15) is 5.75 Å². The number of nitrogens with one attached hydrogen (secondary N) is 1. The minimum atomic E-state index is -0.280. The molecule has 19 heavy (non-hydrogen) atoms. The van der Waals surface area contributed by atoms with Crippen LogP contribution in [0.15, 0.2) is 42.7 Å². The van der Waals surface area contributed by atoms with Gasteiger partial charge in [-0.25, -0.2) is 0 Å². The highest BCUT2D eigenvalue weighted by Crippen LogP contribution is 2.31. The van der Waals surface area contributed by atoms with Crippen molar-refractivity contribution in [1.29, 1.82) is 0 Å². The molecule has 0 bridgehead atoms. The van der Waals surface area contributed by atoms with Gasteiger partial charge in [-0.1, -0.05) is 12.1 Å². The molecule has 1 atom stereocenters. The molecule has 0 radical (unpaired) electrons. The standard InChI is InChI=1S/C14H13N3O2/c15-14(10-2-1-5-16-7-10)9-3-4-12-11(6-9)17-13(18)8-19-12/h1-7,14H,8,15H2,(H,17,18). The number of hydrogen-bond donors (Lipinski definition) is 2. The normalized spacial score (nSPS) is 15.1. The van der Waals surface area contributed by atoms with E-state index in [9.17, 15) is 4.79 Å². The van der Waals surface area contributed by atoms with Gasteiger partial charge in [0, 0.05) is 12.4 Å². The van der Waals surface area contributed by atoms with E-state index in [4.69, 9.17) is 10.5 Å². The van der Waals surface area contributed by atoms with E-state index in [1.54, 1.807) is 12.4 Å². The number of amides is 1. The zero-order chi connectivity index (χ0) is 13.2. The molecule has 2 aromatic rings. The van der Waals surface area contributed by atoms with E-state index in [0.29, 0.717) is 11.4 Å². The molecular formula is C14H13N3O2. The summed E-state index contributed by atoms with van der Waals surface area (Å²) in [4.78, 5) is 15.4. The maximum atomic E-state index is 11.3. The van der Waals surface area contributed by atoms with E-state index < -0.39 is 0 Å². The van der Waals surface area contributed by atoms with Crippen LogP contribution in [-0.4, -0.2) is 17.5 Å². The van der Waals surface area contributed by atoms with Gasteiger partial charge in [0.15, 0.2) is 6.61 Å². The van der Waals surface area contributed by atoms with Gasteiger partial charge in [0.2, 0.25) is 0 Å². The van der Waals surface area contributed by atoms with Crippen molar-refractivity contribution >= 4 is 11.6 Å². The largest absolute Gasteiger partial charge is 0.482 e. The van der Waals surface area contributed by atoms with Gasteiger partial charge in [-0.2, -0.15) is 0 Å². The Morgan fingerprint density at radius 3 is 3.00 bits per heavy atom. The summed E-state index contributed by atoms with van der Waals surface area (Å²) >= 11 is 0. The van der Waals surface area contributed by atoms with Gasteiger partial charge in [0.05, 0.1) is 11.7 Å². The van der Waals surface area contributed by atoms with Crippen molar-refractivity contribution in [3.05, 3.63) is 53.9 Å². The van der Waals surface area contributed by atoms with Gasteiger partial charge in [0.25, 0.3) is 5.91 Å². The van der Waals surface area contributed by atoms with Crippen molar-refractivity contribution in [2.75, 3.05) is 11.9 Å².